The van der Waals surface area contributed by atoms with E-state index >= 15 is 0 Å². The van der Waals surface area contributed by atoms with Crippen LogP contribution in [0.5, 0.6) is 0 Å². The molecule has 0 bridgehead atoms. The maximum Gasteiger partial charge on any atom is 0.257 e. The first-order chi connectivity index (χ1) is 13.2. The molecule has 1 amide bonds. The number of anilines is 2. The van der Waals surface area contributed by atoms with Crippen molar-refractivity contribution in [2.75, 3.05) is 50.0 Å². The number of nitrogens with zero attached hydrogens (tertiary/aromatic N) is 2. The van der Waals surface area contributed by atoms with Gasteiger partial charge in [0.1, 0.15) is 5.82 Å². The first kappa shape index (κ1) is 19.3. The summed E-state index contributed by atoms with van der Waals surface area (Å²) in [7, 11) is 0. The molecule has 0 unspecified atom stereocenters. The van der Waals surface area contributed by atoms with Crippen molar-refractivity contribution in [1.82, 2.24) is 9.88 Å². The van der Waals surface area contributed by atoms with Gasteiger partial charge in [-0.3, -0.25) is 9.69 Å². The molecule has 0 radical (unpaired) electrons. The van der Waals surface area contributed by atoms with Crippen molar-refractivity contribution >= 4 is 17.4 Å². The minimum atomic E-state index is -0.133. The summed E-state index contributed by atoms with van der Waals surface area (Å²) in [5, 5.41) is 6.34. The summed E-state index contributed by atoms with van der Waals surface area (Å²) in [5.41, 5.74) is 3.66. The summed E-state index contributed by atoms with van der Waals surface area (Å²) in [4.78, 5) is 19.3. The summed E-state index contributed by atoms with van der Waals surface area (Å²) in [6.07, 6.45) is 2.50. The molecule has 2 N–H and O–H groups in total. The number of rotatable bonds is 7. The lowest BCUT2D eigenvalue weighted by Gasteiger charge is -2.26. The second-order valence-corrected chi connectivity index (χ2v) is 6.73. The van der Waals surface area contributed by atoms with Crippen LogP contribution in [0.2, 0.25) is 0 Å². The van der Waals surface area contributed by atoms with Crippen LogP contribution in [0.15, 0.2) is 36.5 Å². The number of pyridine rings is 1. The summed E-state index contributed by atoms with van der Waals surface area (Å²) < 4.78 is 5.35. The highest BCUT2D eigenvalue weighted by Crippen LogP contribution is 2.22. The topological polar surface area (TPSA) is 66.5 Å². The lowest BCUT2D eigenvalue weighted by Crippen LogP contribution is -2.39. The third-order valence-corrected chi connectivity index (χ3v) is 4.84. The Morgan fingerprint density at radius 3 is 2.74 bits per heavy atom. The third-order valence-electron chi connectivity index (χ3n) is 4.84. The Morgan fingerprint density at radius 2 is 2.04 bits per heavy atom. The van der Waals surface area contributed by atoms with Crippen LogP contribution in [-0.2, 0) is 11.2 Å². The lowest BCUT2D eigenvalue weighted by atomic mass is 10.1. The van der Waals surface area contributed by atoms with Gasteiger partial charge in [0, 0.05) is 38.1 Å². The maximum atomic E-state index is 12.6. The largest absolute Gasteiger partial charge is 0.379 e. The van der Waals surface area contributed by atoms with Gasteiger partial charge in [-0.2, -0.15) is 0 Å². The number of nitrogens with one attached hydrogen (secondary N) is 2. The van der Waals surface area contributed by atoms with E-state index in [2.05, 4.69) is 27.4 Å². The summed E-state index contributed by atoms with van der Waals surface area (Å²) in [6.45, 7) is 9.45. The number of carbonyl (C=O) groups excluding carboxylic acids is 1. The van der Waals surface area contributed by atoms with E-state index in [9.17, 15) is 4.79 Å². The van der Waals surface area contributed by atoms with Crippen LogP contribution in [0.1, 0.15) is 28.4 Å². The second kappa shape index (κ2) is 9.48. The van der Waals surface area contributed by atoms with Crippen LogP contribution in [0.25, 0.3) is 0 Å². The van der Waals surface area contributed by atoms with E-state index in [1.807, 2.05) is 37.3 Å². The maximum absolute atomic E-state index is 12.6. The lowest BCUT2D eigenvalue weighted by molar-refractivity contribution is 0.0398. The van der Waals surface area contributed by atoms with E-state index in [4.69, 9.17) is 4.74 Å². The van der Waals surface area contributed by atoms with Gasteiger partial charge >= 0.3 is 0 Å². The molecule has 0 saturated carbocycles. The highest BCUT2D eigenvalue weighted by atomic mass is 16.5. The van der Waals surface area contributed by atoms with Crippen LogP contribution >= 0.6 is 0 Å². The van der Waals surface area contributed by atoms with Crippen molar-refractivity contribution in [3.8, 4) is 0 Å². The van der Waals surface area contributed by atoms with E-state index < -0.39 is 0 Å². The number of aryl methyl sites for hydroxylation is 2. The fraction of sp³-hybridized carbons (Fsp3) is 0.429. The van der Waals surface area contributed by atoms with Gasteiger partial charge in [0.25, 0.3) is 5.91 Å². The first-order valence-corrected chi connectivity index (χ1v) is 9.57. The molecule has 2 heterocycles. The Balaban J connectivity index is 1.54. The predicted octanol–water partition coefficient (Wildman–Crippen LogP) is 2.95. The zero-order chi connectivity index (χ0) is 19.1. The van der Waals surface area contributed by atoms with Crippen LogP contribution in [0, 0.1) is 6.92 Å². The molecule has 2 aromatic rings. The van der Waals surface area contributed by atoms with Crippen LogP contribution in [0.3, 0.4) is 0 Å². The van der Waals surface area contributed by atoms with Crippen molar-refractivity contribution in [2.24, 2.45) is 0 Å². The monoisotopic (exact) mass is 368 g/mol. The fourth-order valence-electron chi connectivity index (χ4n) is 3.19. The zero-order valence-electron chi connectivity index (χ0n) is 16.1. The van der Waals surface area contributed by atoms with E-state index in [1.165, 1.54) is 0 Å². The highest BCUT2D eigenvalue weighted by Gasteiger charge is 2.12. The molecule has 1 aliphatic rings. The summed E-state index contributed by atoms with van der Waals surface area (Å²) in [5.74, 6) is 0.649. The quantitative estimate of drug-likeness (QED) is 0.787. The van der Waals surface area contributed by atoms with Crippen molar-refractivity contribution in [3.05, 3.63) is 53.2 Å². The Labute approximate surface area is 160 Å². The predicted molar refractivity (Wildman–Crippen MR) is 108 cm³/mol. The Kier molecular flexibility index (Phi) is 6.79. The number of carbonyl (C=O) groups is 1. The molecule has 0 spiro atoms. The number of para-hydroxylation sites is 1. The fourth-order valence-corrected chi connectivity index (χ4v) is 3.19. The van der Waals surface area contributed by atoms with Crippen molar-refractivity contribution in [3.63, 3.8) is 0 Å². The smallest absolute Gasteiger partial charge is 0.257 e. The van der Waals surface area contributed by atoms with E-state index in [0.29, 0.717) is 5.56 Å². The molecular formula is C21H28N4O2. The van der Waals surface area contributed by atoms with Gasteiger partial charge in [0.05, 0.1) is 18.8 Å². The normalized spacial score (nSPS) is 14.7. The number of hydrogen-bond donors (Lipinski definition) is 2. The molecule has 1 aromatic carbocycles. The molecule has 0 atom stereocenters. The average molecular weight is 368 g/mol. The summed E-state index contributed by atoms with van der Waals surface area (Å²) >= 11 is 0. The molecule has 1 fully saturated rings. The second-order valence-electron chi connectivity index (χ2n) is 6.73. The Morgan fingerprint density at radius 1 is 1.22 bits per heavy atom. The van der Waals surface area contributed by atoms with Crippen LogP contribution in [0.4, 0.5) is 11.5 Å². The number of benzene rings is 1. The average Bonchev–Trinajstić information content (AvgIpc) is 2.71. The van der Waals surface area contributed by atoms with Crippen LogP contribution in [-0.4, -0.2) is 55.2 Å². The molecular weight excluding hydrogens is 340 g/mol. The minimum absolute atomic E-state index is 0.133. The summed E-state index contributed by atoms with van der Waals surface area (Å²) in [6, 6.07) is 9.73. The van der Waals surface area contributed by atoms with Gasteiger partial charge < -0.3 is 15.4 Å². The van der Waals surface area contributed by atoms with Gasteiger partial charge in [-0.05, 0) is 36.6 Å². The number of morpholine rings is 1. The third kappa shape index (κ3) is 5.28. The van der Waals surface area contributed by atoms with Gasteiger partial charge in [-0.1, -0.05) is 25.1 Å². The molecule has 1 aliphatic heterocycles. The number of ether oxygens (including phenoxy) is 1. The van der Waals surface area contributed by atoms with Gasteiger partial charge in [-0.15, -0.1) is 0 Å². The zero-order valence-corrected chi connectivity index (χ0v) is 16.1. The highest BCUT2D eigenvalue weighted by molar-refractivity contribution is 6.05. The molecule has 6 nitrogen and oxygen atoms in total. The molecule has 1 aromatic heterocycles. The molecule has 27 heavy (non-hydrogen) atoms. The first-order valence-electron chi connectivity index (χ1n) is 9.57. The van der Waals surface area contributed by atoms with Crippen molar-refractivity contribution in [1.29, 1.82) is 0 Å². The molecule has 144 valence electrons. The van der Waals surface area contributed by atoms with Crippen LogP contribution < -0.4 is 10.6 Å². The standard InChI is InChI=1S/C21H28N4O2/c1-3-17-6-4-5-16(2)20(17)24-21(26)18-7-8-19(23-15-18)22-9-10-25-11-13-27-14-12-25/h4-8,15H,3,9-14H2,1-2H3,(H,22,23)(H,24,26). The molecule has 1 saturated heterocycles. The van der Waals surface area contributed by atoms with E-state index in [0.717, 1.165) is 68.4 Å². The van der Waals surface area contributed by atoms with Gasteiger partial charge in [0.15, 0.2) is 0 Å². The minimum Gasteiger partial charge on any atom is -0.379 e. The Bertz CT molecular complexity index is 755. The molecule has 0 aliphatic carbocycles. The number of amides is 1. The SMILES string of the molecule is CCc1cccc(C)c1NC(=O)c1ccc(NCCN2CCOCC2)nc1. The number of aromatic nitrogens is 1. The van der Waals surface area contributed by atoms with E-state index in [-0.39, 0.29) is 5.91 Å². The Hall–Kier alpha value is -2.44. The van der Waals surface area contributed by atoms with Crippen molar-refractivity contribution in [2.45, 2.75) is 20.3 Å². The molecule has 3 rings (SSSR count). The van der Waals surface area contributed by atoms with Gasteiger partial charge in [-0.25, -0.2) is 4.98 Å². The molecule has 6 heteroatoms. The van der Waals surface area contributed by atoms with Gasteiger partial charge in [0.2, 0.25) is 0 Å². The van der Waals surface area contributed by atoms with Crippen molar-refractivity contribution < 1.29 is 9.53 Å². The number of hydrogen-bond acceptors (Lipinski definition) is 5. The van der Waals surface area contributed by atoms with E-state index in [1.54, 1.807) is 6.20 Å².